The van der Waals surface area contributed by atoms with E-state index in [1.54, 1.807) is 21.4 Å². The number of hydrogen-bond acceptors (Lipinski definition) is 5. The highest BCUT2D eigenvalue weighted by Crippen LogP contribution is 2.22. The van der Waals surface area contributed by atoms with Gasteiger partial charge >= 0.3 is 0 Å². The number of aromatic nitrogens is 2. The van der Waals surface area contributed by atoms with Crippen LogP contribution in [0.1, 0.15) is 18.3 Å². The molecule has 0 saturated carbocycles. The second kappa shape index (κ2) is 7.13. The van der Waals surface area contributed by atoms with Crippen LogP contribution < -0.4 is 0 Å². The number of morpholine rings is 2. The summed E-state index contributed by atoms with van der Waals surface area (Å²) in [6.07, 6.45) is 0. The van der Waals surface area contributed by atoms with Crippen molar-refractivity contribution < 1.29 is 19.1 Å². The van der Waals surface area contributed by atoms with Gasteiger partial charge in [0, 0.05) is 25.3 Å². The van der Waals surface area contributed by atoms with Gasteiger partial charge in [-0.3, -0.25) is 14.3 Å². The average molecular weight is 350 g/mol. The molecule has 8 heteroatoms. The lowest BCUT2D eigenvalue weighted by Crippen LogP contribution is -2.61. The van der Waals surface area contributed by atoms with Crippen LogP contribution in [0.15, 0.2) is 6.07 Å². The van der Waals surface area contributed by atoms with Crippen molar-refractivity contribution in [3.05, 3.63) is 17.5 Å². The zero-order valence-corrected chi connectivity index (χ0v) is 15.2. The Morgan fingerprint density at radius 2 is 1.84 bits per heavy atom. The number of rotatable bonds is 3. The van der Waals surface area contributed by atoms with E-state index in [4.69, 9.17) is 9.47 Å². The molecule has 1 unspecified atom stereocenters. The first-order valence-electron chi connectivity index (χ1n) is 8.69. The van der Waals surface area contributed by atoms with Crippen molar-refractivity contribution in [2.75, 3.05) is 46.0 Å². The summed E-state index contributed by atoms with van der Waals surface area (Å²) in [7, 11) is 0. The number of carbonyl (C=O) groups is 2. The van der Waals surface area contributed by atoms with E-state index in [9.17, 15) is 9.59 Å². The third kappa shape index (κ3) is 3.85. The van der Waals surface area contributed by atoms with Gasteiger partial charge < -0.3 is 19.3 Å². The Hall–Kier alpha value is -1.93. The summed E-state index contributed by atoms with van der Waals surface area (Å²) in [5, 5.41) is 4.34. The molecular weight excluding hydrogens is 324 g/mol. The molecule has 0 spiro atoms. The van der Waals surface area contributed by atoms with E-state index in [2.05, 4.69) is 5.10 Å². The summed E-state index contributed by atoms with van der Waals surface area (Å²) in [4.78, 5) is 29.0. The van der Waals surface area contributed by atoms with Crippen molar-refractivity contribution in [1.82, 2.24) is 19.6 Å². The van der Waals surface area contributed by atoms with Gasteiger partial charge in [-0.25, -0.2) is 0 Å². The smallest absolute Gasteiger partial charge is 0.256 e. The normalized spacial score (nSPS) is 24.4. The van der Waals surface area contributed by atoms with E-state index >= 15 is 0 Å². The van der Waals surface area contributed by atoms with Gasteiger partial charge in [-0.05, 0) is 26.8 Å². The fourth-order valence-corrected chi connectivity index (χ4v) is 3.38. The molecule has 3 rings (SSSR count). The first kappa shape index (κ1) is 17.9. The molecule has 1 aromatic rings. The standard InChI is InChI=1S/C17H26N4O4/c1-13-10-14(2)21(18-13)11-15(22)20-6-9-25-17(3,12-20)16(23)19-4-7-24-8-5-19/h10H,4-9,11-12H2,1-3H3. The quantitative estimate of drug-likeness (QED) is 0.766. The Labute approximate surface area is 147 Å². The highest BCUT2D eigenvalue weighted by Gasteiger charge is 2.43. The Bertz CT molecular complexity index is 653. The van der Waals surface area contributed by atoms with Crippen molar-refractivity contribution in [2.24, 2.45) is 0 Å². The van der Waals surface area contributed by atoms with E-state index in [1.807, 2.05) is 19.9 Å². The van der Waals surface area contributed by atoms with Crippen LogP contribution >= 0.6 is 0 Å². The molecule has 2 fully saturated rings. The second-order valence-corrected chi connectivity index (χ2v) is 6.88. The first-order chi connectivity index (χ1) is 11.9. The van der Waals surface area contributed by atoms with Gasteiger partial charge in [0.05, 0.1) is 32.1 Å². The van der Waals surface area contributed by atoms with Crippen molar-refractivity contribution >= 4 is 11.8 Å². The fraction of sp³-hybridized carbons (Fsp3) is 0.706. The van der Waals surface area contributed by atoms with Crippen LogP contribution in [0.25, 0.3) is 0 Å². The van der Waals surface area contributed by atoms with E-state index in [0.29, 0.717) is 39.5 Å². The van der Waals surface area contributed by atoms with Crippen LogP contribution in [-0.4, -0.2) is 83.0 Å². The van der Waals surface area contributed by atoms with Crippen LogP contribution in [0.4, 0.5) is 0 Å². The largest absolute Gasteiger partial charge is 0.378 e. The Balaban J connectivity index is 1.66. The minimum absolute atomic E-state index is 0.0458. The molecule has 25 heavy (non-hydrogen) atoms. The predicted octanol–water partition coefficient (Wildman–Crippen LogP) is -0.0238. The van der Waals surface area contributed by atoms with Crippen LogP contribution in [0.3, 0.4) is 0 Å². The Kier molecular flexibility index (Phi) is 5.10. The number of aryl methyl sites for hydroxylation is 2. The van der Waals surface area contributed by atoms with Gasteiger partial charge in [-0.15, -0.1) is 0 Å². The third-order valence-electron chi connectivity index (χ3n) is 4.77. The van der Waals surface area contributed by atoms with Crippen LogP contribution in [-0.2, 0) is 25.6 Å². The Morgan fingerprint density at radius 3 is 2.48 bits per heavy atom. The molecule has 2 amide bonds. The molecule has 2 aliphatic rings. The van der Waals surface area contributed by atoms with Crippen molar-refractivity contribution in [2.45, 2.75) is 32.9 Å². The van der Waals surface area contributed by atoms with Gasteiger partial charge in [0.2, 0.25) is 5.91 Å². The molecule has 0 aliphatic carbocycles. The SMILES string of the molecule is Cc1cc(C)n(CC(=O)N2CCOC(C)(C(=O)N3CCOCC3)C2)n1. The van der Waals surface area contributed by atoms with Gasteiger partial charge in [0.25, 0.3) is 5.91 Å². The molecular formula is C17H26N4O4. The number of ether oxygens (including phenoxy) is 2. The second-order valence-electron chi connectivity index (χ2n) is 6.88. The molecule has 0 aromatic carbocycles. The number of carbonyl (C=O) groups excluding carboxylic acids is 2. The summed E-state index contributed by atoms with van der Waals surface area (Å²) in [5.74, 6) is -0.116. The van der Waals surface area contributed by atoms with E-state index in [0.717, 1.165) is 11.4 Å². The highest BCUT2D eigenvalue weighted by molar-refractivity contribution is 5.86. The minimum Gasteiger partial charge on any atom is -0.378 e. The van der Waals surface area contributed by atoms with Crippen LogP contribution in [0.5, 0.6) is 0 Å². The Morgan fingerprint density at radius 1 is 1.16 bits per heavy atom. The van der Waals surface area contributed by atoms with Gasteiger partial charge in [-0.1, -0.05) is 0 Å². The van der Waals surface area contributed by atoms with Gasteiger partial charge in [0.15, 0.2) is 5.60 Å². The topological polar surface area (TPSA) is 76.9 Å². The van der Waals surface area contributed by atoms with Crippen molar-refractivity contribution in [3.63, 3.8) is 0 Å². The maximum absolute atomic E-state index is 12.8. The lowest BCUT2D eigenvalue weighted by Gasteiger charge is -2.42. The van der Waals surface area contributed by atoms with E-state index in [-0.39, 0.29) is 24.9 Å². The molecule has 0 bridgehead atoms. The molecule has 2 saturated heterocycles. The molecule has 2 aliphatic heterocycles. The maximum atomic E-state index is 12.8. The van der Waals surface area contributed by atoms with Crippen LogP contribution in [0, 0.1) is 13.8 Å². The minimum atomic E-state index is -1.000. The highest BCUT2D eigenvalue weighted by atomic mass is 16.5. The molecule has 138 valence electrons. The molecule has 1 aromatic heterocycles. The fourth-order valence-electron chi connectivity index (χ4n) is 3.38. The van der Waals surface area contributed by atoms with E-state index in [1.165, 1.54) is 0 Å². The molecule has 3 heterocycles. The summed E-state index contributed by atoms with van der Waals surface area (Å²) < 4.78 is 12.8. The first-order valence-corrected chi connectivity index (χ1v) is 8.69. The van der Waals surface area contributed by atoms with E-state index < -0.39 is 5.60 Å². The van der Waals surface area contributed by atoms with Gasteiger partial charge in [-0.2, -0.15) is 5.10 Å². The molecule has 1 atom stereocenters. The predicted molar refractivity (Wildman–Crippen MR) is 90.0 cm³/mol. The number of amides is 2. The third-order valence-corrected chi connectivity index (χ3v) is 4.77. The lowest BCUT2D eigenvalue weighted by molar-refractivity contribution is -0.174. The zero-order chi connectivity index (χ0) is 18.0. The molecule has 8 nitrogen and oxygen atoms in total. The lowest BCUT2D eigenvalue weighted by atomic mass is 10.0. The number of hydrogen-bond donors (Lipinski definition) is 0. The summed E-state index contributed by atoms with van der Waals surface area (Å²) >= 11 is 0. The zero-order valence-electron chi connectivity index (χ0n) is 15.2. The van der Waals surface area contributed by atoms with Crippen LogP contribution in [0.2, 0.25) is 0 Å². The summed E-state index contributed by atoms with van der Waals surface area (Å²) in [6, 6.07) is 1.94. The molecule has 0 radical (unpaired) electrons. The number of nitrogens with zero attached hydrogens (tertiary/aromatic N) is 4. The van der Waals surface area contributed by atoms with Gasteiger partial charge in [0.1, 0.15) is 6.54 Å². The monoisotopic (exact) mass is 350 g/mol. The summed E-state index contributed by atoms with van der Waals surface area (Å²) in [6.45, 7) is 9.12. The van der Waals surface area contributed by atoms with Crippen molar-refractivity contribution in [1.29, 1.82) is 0 Å². The maximum Gasteiger partial charge on any atom is 0.256 e. The average Bonchev–Trinajstić information content (AvgIpc) is 2.92. The molecule has 0 N–H and O–H groups in total. The summed E-state index contributed by atoms with van der Waals surface area (Å²) in [5.41, 5.74) is 0.839. The van der Waals surface area contributed by atoms with Crippen molar-refractivity contribution in [3.8, 4) is 0 Å².